The van der Waals surface area contributed by atoms with E-state index in [9.17, 15) is 9.59 Å². The van der Waals surface area contributed by atoms with Crippen LogP contribution in [-0.2, 0) is 4.79 Å². The molecule has 3 rings (SSSR count). The van der Waals surface area contributed by atoms with Crippen molar-refractivity contribution in [2.75, 3.05) is 5.32 Å². The molecule has 1 aliphatic carbocycles. The fourth-order valence-electron chi connectivity index (χ4n) is 3.19. The van der Waals surface area contributed by atoms with Gasteiger partial charge in [0.15, 0.2) is 0 Å². The Morgan fingerprint density at radius 3 is 2.48 bits per heavy atom. The van der Waals surface area contributed by atoms with E-state index in [-0.39, 0.29) is 18.0 Å². The Morgan fingerprint density at radius 1 is 1.16 bits per heavy atom. The number of anilines is 1. The maximum Gasteiger partial charge on any atom is 0.319 e. The van der Waals surface area contributed by atoms with E-state index in [2.05, 4.69) is 15.7 Å². The number of para-hydroxylation sites is 1. The number of rotatable bonds is 4. The van der Waals surface area contributed by atoms with Crippen LogP contribution in [0.1, 0.15) is 31.4 Å². The summed E-state index contributed by atoms with van der Waals surface area (Å²) in [6.07, 6.45) is 4.21. The highest BCUT2D eigenvalue weighted by Crippen LogP contribution is 2.24. The first-order valence-electron chi connectivity index (χ1n) is 8.45. The Labute approximate surface area is 146 Å². The summed E-state index contributed by atoms with van der Waals surface area (Å²) in [6, 6.07) is 9.44. The van der Waals surface area contributed by atoms with E-state index in [0.717, 1.165) is 11.4 Å². The first kappa shape index (κ1) is 17.0. The normalized spacial score (nSPS) is 20.0. The fraction of sp³-hybridized carbons (Fsp3) is 0.389. The minimum Gasteiger partial charge on any atom is -0.481 e. The summed E-state index contributed by atoms with van der Waals surface area (Å²) in [5.74, 6) is -1.03. The zero-order chi connectivity index (χ0) is 17.8. The monoisotopic (exact) mass is 342 g/mol. The van der Waals surface area contributed by atoms with E-state index in [1.165, 1.54) is 0 Å². The number of hydrogen-bond donors (Lipinski definition) is 3. The highest BCUT2D eigenvalue weighted by atomic mass is 16.4. The van der Waals surface area contributed by atoms with Gasteiger partial charge in [-0.1, -0.05) is 18.2 Å². The van der Waals surface area contributed by atoms with Gasteiger partial charge in [-0.05, 0) is 44.7 Å². The largest absolute Gasteiger partial charge is 0.481 e. The molecular formula is C18H22N4O3. The summed E-state index contributed by atoms with van der Waals surface area (Å²) in [5.41, 5.74) is 2.43. The molecule has 0 radical (unpaired) electrons. The molecule has 0 saturated heterocycles. The Morgan fingerprint density at radius 2 is 1.84 bits per heavy atom. The minimum atomic E-state index is -0.744. The number of carbonyl (C=O) groups excluding carboxylic acids is 1. The van der Waals surface area contributed by atoms with Gasteiger partial charge in [-0.3, -0.25) is 4.79 Å². The smallest absolute Gasteiger partial charge is 0.319 e. The second kappa shape index (κ2) is 7.38. The molecule has 1 aromatic carbocycles. The van der Waals surface area contributed by atoms with Crippen LogP contribution in [0.4, 0.5) is 10.5 Å². The number of nitrogens with one attached hydrogen (secondary N) is 2. The summed E-state index contributed by atoms with van der Waals surface area (Å²) in [4.78, 5) is 23.2. The molecule has 7 nitrogen and oxygen atoms in total. The number of nitrogens with zero attached hydrogens (tertiary/aromatic N) is 2. The summed E-state index contributed by atoms with van der Waals surface area (Å²) in [6.45, 7) is 1.90. The number of urea groups is 1. The SMILES string of the molecule is Cc1c(NC(=O)NC2CCC(C(=O)O)CC2)cnn1-c1ccccc1. The molecule has 7 heteroatoms. The minimum absolute atomic E-state index is 0.0140. The molecule has 0 aliphatic heterocycles. The fourth-order valence-corrected chi connectivity index (χ4v) is 3.19. The predicted octanol–water partition coefficient (Wildman–Crippen LogP) is 2.95. The molecule has 3 N–H and O–H groups in total. The molecule has 25 heavy (non-hydrogen) atoms. The van der Waals surface area contributed by atoms with Crippen LogP contribution < -0.4 is 10.6 Å². The number of carboxylic acids is 1. The number of benzene rings is 1. The van der Waals surface area contributed by atoms with Crippen LogP contribution in [0.5, 0.6) is 0 Å². The van der Waals surface area contributed by atoms with Gasteiger partial charge in [-0.2, -0.15) is 5.10 Å². The molecule has 0 bridgehead atoms. The number of carboxylic acid groups (broad SMARTS) is 1. The molecule has 1 fully saturated rings. The zero-order valence-corrected chi connectivity index (χ0v) is 14.1. The average Bonchev–Trinajstić information content (AvgIpc) is 2.96. The maximum atomic E-state index is 12.2. The van der Waals surface area contributed by atoms with Gasteiger partial charge in [0.25, 0.3) is 0 Å². The van der Waals surface area contributed by atoms with E-state index in [1.807, 2.05) is 37.3 Å². The second-order valence-electron chi connectivity index (χ2n) is 6.38. The van der Waals surface area contributed by atoms with Crippen LogP contribution in [0.3, 0.4) is 0 Å². The highest BCUT2D eigenvalue weighted by molar-refractivity contribution is 5.90. The molecule has 2 aromatic rings. The van der Waals surface area contributed by atoms with Crippen LogP contribution in [0, 0.1) is 12.8 Å². The quantitative estimate of drug-likeness (QED) is 0.796. The molecule has 132 valence electrons. The third-order valence-electron chi connectivity index (χ3n) is 4.67. The molecule has 2 amide bonds. The molecule has 0 unspecified atom stereocenters. The Kier molecular flexibility index (Phi) is 5.02. The van der Waals surface area contributed by atoms with E-state index in [0.29, 0.717) is 31.4 Å². The van der Waals surface area contributed by atoms with Crippen molar-refractivity contribution < 1.29 is 14.7 Å². The van der Waals surface area contributed by atoms with Crippen LogP contribution in [-0.4, -0.2) is 32.9 Å². The number of carbonyl (C=O) groups is 2. The first-order chi connectivity index (χ1) is 12.0. The first-order valence-corrected chi connectivity index (χ1v) is 8.45. The van der Waals surface area contributed by atoms with Crippen LogP contribution >= 0.6 is 0 Å². The Balaban J connectivity index is 1.57. The van der Waals surface area contributed by atoms with Gasteiger partial charge in [0.05, 0.1) is 29.2 Å². The Hall–Kier alpha value is -2.83. The molecule has 1 aromatic heterocycles. The van der Waals surface area contributed by atoms with Crippen molar-refractivity contribution >= 4 is 17.7 Å². The van der Waals surface area contributed by atoms with Gasteiger partial charge < -0.3 is 15.7 Å². The van der Waals surface area contributed by atoms with Crippen molar-refractivity contribution in [1.82, 2.24) is 15.1 Å². The van der Waals surface area contributed by atoms with Crippen LogP contribution in [0.25, 0.3) is 5.69 Å². The van der Waals surface area contributed by atoms with Gasteiger partial charge in [0.2, 0.25) is 0 Å². The van der Waals surface area contributed by atoms with Crippen molar-refractivity contribution in [2.45, 2.75) is 38.6 Å². The predicted molar refractivity (Wildman–Crippen MR) is 93.8 cm³/mol. The Bertz CT molecular complexity index is 749. The number of hydrogen-bond acceptors (Lipinski definition) is 3. The van der Waals surface area contributed by atoms with Crippen molar-refractivity contribution in [2.24, 2.45) is 5.92 Å². The average molecular weight is 342 g/mol. The molecular weight excluding hydrogens is 320 g/mol. The van der Waals surface area contributed by atoms with Crippen molar-refractivity contribution in [3.8, 4) is 5.69 Å². The zero-order valence-electron chi connectivity index (χ0n) is 14.1. The number of aliphatic carboxylic acids is 1. The standard InChI is InChI=1S/C18H22N4O3/c1-12-16(11-19-22(12)15-5-3-2-4-6-15)21-18(25)20-14-9-7-13(8-10-14)17(23)24/h2-6,11,13-14H,7-10H2,1H3,(H,23,24)(H2,20,21,25). The maximum absolute atomic E-state index is 12.2. The lowest BCUT2D eigenvalue weighted by Crippen LogP contribution is -2.41. The molecule has 0 atom stereocenters. The van der Waals surface area contributed by atoms with Crippen LogP contribution in [0.15, 0.2) is 36.5 Å². The number of amides is 2. The molecule has 1 saturated carbocycles. The van der Waals surface area contributed by atoms with E-state index in [4.69, 9.17) is 5.11 Å². The lowest BCUT2D eigenvalue weighted by molar-refractivity contribution is -0.142. The summed E-state index contributed by atoms with van der Waals surface area (Å²) in [7, 11) is 0. The molecule has 1 heterocycles. The third-order valence-corrected chi connectivity index (χ3v) is 4.67. The highest BCUT2D eigenvalue weighted by Gasteiger charge is 2.26. The van der Waals surface area contributed by atoms with E-state index >= 15 is 0 Å². The van der Waals surface area contributed by atoms with Gasteiger partial charge in [0.1, 0.15) is 0 Å². The summed E-state index contributed by atoms with van der Waals surface area (Å²) in [5, 5.41) is 19.1. The van der Waals surface area contributed by atoms with Gasteiger partial charge in [0, 0.05) is 6.04 Å². The lowest BCUT2D eigenvalue weighted by Gasteiger charge is -2.26. The third kappa shape index (κ3) is 3.99. The second-order valence-corrected chi connectivity index (χ2v) is 6.38. The summed E-state index contributed by atoms with van der Waals surface area (Å²) < 4.78 is 1.77. The van der Waals surface area contributed by atoms with E-state index in [1.54, 1.807) is 10.9 Å². The van der Waals surface area contributed by atoms with Crippen LogP contribution in [0.2, 0.25) is 0 Å². The molecule has 0 spiro atoms. The lowest BCUT2D eigenvalue weighted by atomic mass is 9.86. The van der Waals surface area contributed by atoms with Gasteiger partial charge in [-0.15, -0.1) is 0 Å². The number of aromatic nitrogens is 2. The topological polar surface area (TPSA) is 96.2 Å². The summed E-state index contributed by atoms with van der Waals surface area (Å²) >= 11 is 0. The van der Waals surface area contributed by atoms with E-state index < -0.39 is 5.97 Å². The van der Waals surface area contributed by atoms with Crippen molar-refractivity contribution in [1.29, 1.82) is 0 Å². The van der Waals surface area contributed by atoms with Crippen molar-refractivity contribution in [3.63, 3.8) is 0 Å². The van der Waals surface area contributed by atoms with Crippen molar-refractivity contribution in [3.05, 3.63) is 42.2 Å². The molecule has 1 aliphatic rings. The van der Waals surface area contributed by atoms with Gasteiger partial charge >= 0.3 is 12.0 Å². The van der Waals surface area contributed by atoms with Gasteiger partial charge in [-0.25, -0.2) is 9.48 Å².